The number of para-hydroxylation sites is 2. The molecule has 0 amide bonds. The van der Waals surface area contributed by atoms with E-state index in [1.165, 1.54) is 93.9 Å². The molecule has 0 bridgehead atoms. The zero-order valence-electron chi connectivity index (χ0n) is 28.4. The van der Waals surface area contributed by atoms with Gasteiger partial charge in [0.25, 0.3) is 0 Å². The Morgan fingerprint density at radius 2 is 1.29 bits per heavy atom. The summed E-state index contributed by atoms with van der Waals surface area (Å²) in [6.07, 6.45) is 11.7. The molecule has 4 aliphatic rings. The van der Waals surface area contributed by atoms with E-state index in [1.54, 1.807) is 0 Å². The van der Waals surface area contributed by atoms with Crippen LogP contribution in [0.1, 0.15) is 41.7 Å². The molecule has 51 heavy (non-hydrogen) atoms. The Kier molecular flexibility index (Phi) is 5.19. The Morgan fingerprint density at radius 1 is 0.569 bits per heavy atom. The molecule has 4 aliphatic carbocycles. The monoisotopic (exact) mass is 651 g/mol. The van der Waals surface area contributed by atoms with Crippen LogP contribution in [0.15, 0.2) is 156 Å². The normalized spacial score (nSPS) is 19.2. The van der Waals surface area contributed by atoms with Crippen molar-refractivity contribution < 1.29 is 4.42 Å². The standard InChI is InChI=1S/C49H33NO/c1-49(2)42-26-41-34-13-6-8-17-44(34)51-45(41)27-40(42)38-24-25-39-33-12-5-7-16-43(33)50(48(39)47(38)49)29-20-18-28(19-21-29)30-22-23-37-32-11-4-3-10-31(32)36-15-9-14-35(30)46(36)37/h3-27,35,46H,1-2H3. The third-order valence-electron chi connectivity index (χ3n) is 12.4. The van der Waals surface area contributed by atoms with Crippen LogP contribution in [0.4, 0.5) is 0 Å². The summed E-state index contributed by atoms with van der Waals surface area (Å²) in [6.45, 7) is 4.80. The van der Waals surface area contributed by atoms with Crippen molar-refractivity contribution >= 4 is 60.5 Å². The average Bonchev–Trinajstić information content (AvgIpc) is 3.87. The van der Waals surface area contributed by atoms with Gasteiger partial charge in [-0.15, -0.1) is 0 Å². The number of rotatable bonds is 2. The quantitative estimate of drug-likeness (QED) is 0.182. The lowest BCUT2D eigenvalue weighted by atomic mass is 9.72. The maximum atomic E-state index is 6.39. The minimum absolute atomic E-state index is 0.211. The number of hydrogen-bond acceptors (Lipinski definition) is 1. The topological polar surface area (TPSA) is 18.1 Å². The van der Waals surface area contributed by atoms with Crippen molar-refractivity contribution in [3.63, 3.8) is 0 Å². The van der Waals surface area contributed by atoms with Gasteiger partial charge < -0.3 is 8.98 Å². The van der Waals surface area contributed by atoms with Gasteiger partial charge in [0, 0.05) is 44.5 Å². The fourth-order valence-electron chi connectivity index (χ4n) is 10.1. The lowest BCUT2D eigenvalue weighted by molar-refractivity contribution is 0.660. The molecule has 2 heterocycles. The smallest absolute Gasteiger partial charge is 0.136 e. The molecule has 0 saturated carbocycles. The third-order valence-corrected chi connectivity index (χ3v) is 12.4. The zero-order valence-corrected chi connectivity index (χ0v) is 28.4. The average molecular weight is 652 g/mol. The molecule has 2 unspecified atom stereocenters. The summed E-state index contributed by atoms with van der Waals surface area (Å²) >= 11 is 0. The maximum absolute atomic E-state index is 6.39. The van der Waals surface area contributed by atoms with Crippen LogP contribution in [0.25, 0.3) is 77.3 Å². The largest absolute Gasteiger partial charge is 0.456 e. The second-order valence-corrected chi connectivity index (χ2v) is 15.2. The zero-order chi connectivity index (χ0) is 33.6. The predicted octanol–water partition coefficient (Wildman–Crippen LogP) is 12.7. The van der Waals surface area contributed by atoms with E-state index < -0.39 is 0 Å². The first-order chi connectivity index (χ1) is 25.1. The van der Waals surface area contributed by atoms with Gasteiger partial charge in [-0.1, -0.05) is 129 Å². The first-order valence-electron chi connectivity index (χ1n) is 18.1. The Labute approximate surface area is 296 Å². The first kappa shape index (κ1) is 27.7. The molecule has 0 aliphatic heterocycles. The molecule has 240 valence electrons. The van der Waals surface area contributed by atoms with Gasteiger partial charge in [-0.2, -0.15) is 0 Å². The van der Waals surface area contributed by atoms with Crippen LogP contribution in [-0.4, -0.2) is 4.57 Å². The number of benzene rings is 6. The van der Waals surface area contributed by atoms with Gasteiger partial charge in [-0.3, -0.25) is 0 Å². The molecule has 0 radical (unpaired) electrons. The summed E-state index contributed by atoms with van der Waals surface area (Å²) < 4.78 is 8.91. The first-order valence-corrected chi connectivity index (χ1v) is 18.1. The summed E-state index contributed by atoms with van der Waals surface area (Å²) in [4.78, 5) is 0. The maximum Gasteiger partial charge on any atom is 0.136 e. The van der Waals surface area contributed by atoms with E-state index in [0.717, 1.165) is 11.2 Å². The second kappa shape index (κ2) is 9.56. The highest BCUT2D eigenvalue weighted by Crippen LogP contribution is 2.57. The molecule has 2 aromatic heterocycles. The van der Waals surface area contributed by atoms with Gasteiger partial charge in [0.15, 0.2) is 0 Å². The number of allylic oxidation sites excluding steroid dienone is 8. The summed E-state index contributed by atoms with van der Waals surface area (Å²) in [5, 5.41) is 4.94. The van der Waals surface area contributed by atoms with Crippen LogP contribution < -0.4 is 0 Å². The summed E-state index contributed by atoms with van der Waals surface area (Å²) in [7, 11) is 0. The van der Waals surface area contributed by atoms with Gasteiger partial charge in [0.05, 0.1) is 11.0 Å². The molecule has 2 heteroatoms. The van der Waals surface area contributed by atoms with Gasteiger partial charge in [-0.25, -0.2) is 0 Å². The SMILES string of the molecule is CC1(C)c2cc3c(cc2-c2ccc4c5ccccc5n(-c5ccc(C6=CC=C7c8ccccc8C8=CC=CC6C87)cc5)c4c21)oc1ccccc13. The highest BCUT2D eigenvalue weighted by atomic mass is 16.3. The predicted molar refractivity (Wildman–Crippen MR) is 212 cm³/mol. The number of hydrogen-bond donors (Lipinski definition) is 0. The second-order valence-electron chi connectivity index (χ2n) is 15.2. The Morgan fingerprint density at radius 3 is 2.14 bits per heavy atom. The molecule has 2 atom stereocenters. The van der Waals surface area contributed by atoms with E-state index in [0.29, 0.717) is 11.8 Å². The van der Waals surface area contributed by atoms with Crippen molar-refractivity contribution in [2.75, 3.05) is 0 Å². The van der Waals surface area contributed by atoms with Gasteiger partial charge in [-0.05, 0) is 92.1 Å². The lowest BCUT2D eigenvalue weighted by Gasteiger charge is -2.31. The fourth-order valence-corrected chi connectivity index (χ4v) is 10.1. The minimum atomic E-state index is -0.211. The number of nitrogens with zero attached hydrogens (tertiary/aromatic N) is 1. The Bertz CT molecular complexity index is 2990. The number of aromatic nitrogens is 1. The van der Waals surface area contributed by atoms with E-state index in [9.17, 15) is 0 Å². The van der Waals surface area contributed by atoms with Crippen molar-refractivity contribution in [3.8, 4) is 16.8 Å². The van der Waals surface area contributed by atoms with Gasteiger partial charge in [0.1, 0.15) is 11.2 Å². The lowest BCUT2D eigenvalue weighted by Crippen LogP contribution is -2.18. The molecular weight excluding hydrogens is 619 g/mol. The van der Waals surface area contributed by atoms with Crippen LogP contribution >= 0.6 is 0 Å². The van der Waals surface area contributed by atoms with Crippen LogP contribution in [-0.2, 0) is 5.41 Å². The molecule has 0 N–H and O–H groups in total. The third kappa shape index (κ3) is 3.47. The molecule has 0 fully saturated rings. The molecule has 0 saturated heterocycles. The molecule has 6 aromatic carbocycles. The molecule has 0 spiro atoms. The van der Waals surface area contributed by atoms with Crippen LogP contribution in [0.2, 0.25) is 0 Å². The molecule has 12 rings (SSSR count). The van der Waals surface area contributed by atoms with E-state index in [2.05, 4.69) is 164 Å². The molecular formula is C49H33NO. The van der Waals surface area contributed by atoms with Crippen LogP contribution in [0.5, 0.6) is 0 Å². The van der Waals surface area contributed by atoms with Crippen LogP contribution in [0.3, 0.4) is 0 Å². The minimum Gasteiger partial charge on any atom is -0.456 e. The summed E-state index contributed by atoms with van der Waals surface area (Å²) in [5.74, 6) is 0.716. The highest BCUT2D eigenvalue weighted by Gasteiger charge is 2.41. The summed E-state index contributed by atoms with van der Waals surface area (Å²) in [6, 6.07) is 44.9. The highest BCUT2D eigenvalue weighted by molar-refractivity contribution is 6.14. The fraction of sp³-hybridized carbons (Fsp3) is 0.102. The molecule has 2 nitrogen and oxygen atoms in total. The van der Waals surface area contributed by atoms with E-state index >= 15 is 0 Å². The molecule has 8 aromatic rings. The van der Waals surface area contributed by atoms with Crippen molar-refractivity contribution in [3.05, 3.63) is 180 Å². The van der Waals surface area contributed by atoms with E-state index in [4.69, 9.17) is 4.42 Å². The number of fused-ring (bicyclic) bond motifs is 13. The Balaban J connectivity index is 1.03. The van der Waals surface area contributed by atoms with Crippen molar-refractivity contribution in [2.45, 2.75) is 19.3 Å². The van der Waals surface area contributed by atoms with Crippen LogP contribution in [0, 0.1) is 11.8 Å². The summed E-state index contributed by atoms with van der Waals surface area (Å²) in [5.41, 5.74) is 19.1. The Hall–Kier alpha value is -6.12. The van der Waals surface area contributed by atoms with E-state index in [-0.39, 0.29) is 5.41 Å². The number of furan rings is 1. The van der Waals surface area contributed by atoms with Crippen molar-refractivity contribution in [1.29, 1.82) is 0 Å². The van der Waals surface area contributed by atoms with Gasteiger partial charge >= 0.3 is 0 Å². The van der Waals surface area contributed by atoms with Crippen molar-refractivity contribution in [1.82, 2.24) is 4.57 Å². The van der Waals surface area contributed by atoms with Gasteiger partial charge in [0.2, 0.25) is 0 Å². The van der Waals surface area contributed by atoms with E-state index in [1.807, 2.05) is 6.07 Å². The van der Waals surface area contributed by atoms with Crippen molar-refractivity contribution in [2.24, 2.45) is 11.8 Å².